The average molecular weight is 255 g/mol. The normalized spacial score (nSPS) is 9.17. The van der Waals surface area contributed by atoms with Crippen LogP contribution in [0.1, 0.15) is 27.7 Å². The zero-order valence-electron chi connectivity index (χ0n) is 10.9. The van der Waals surface area contributed by atoms with Gasteiger partial charge in [0.05, 0.1) is 11.0 Å². The molecular weight excluding hydrogens is 238 g/mol. The third-order valence-electron chi connectivity index (χ3n) is 1.58. The Balaban J connectivity index is 0.00000137. The summed E-state index contributed by atoms with van der Waals surface area (Å²) in [6.07, 6.45) is -1.10. The molecule has 1 aromatic rings. The lowest BCUT2D eigenvalue weighted by atomic mass is 10.3. The Labute approximate surface area is 106 Å². The quantitative estimate of drug-likeness (QED) is 0.357. The summed E-state index contributed by atoms with van der Waals surface area (Å²) in [7, 11) is 0. The highest BCUT2D eigenvalue weighted by Crippen LogP contribution is 2.17. The molecule has 18 heavy (non-hydrogen) atoms. The fraction of sp³-hybridized carbons (Fsp3) is 0.417. The van der Waals surface area contributed by atoms with E-state index in [1.165, 1.54) is 24.3 Å². The topological polar surface area (TPSA) is 78.7 Å². The van der Waals surface area contributed by atoms with Gasteiger partial charge in [-0.2, -0.15) is 0 Å². The maximum atomic E-state index is 11.1. The number of nitro groups is 1. The van der Waals surface area contributed by atoms with Crippen LogP contribution in [0.25, 0.3) is 0 Å². The highest BCUT2D eigenvalue weighted by molar-refractivity contribution is 5.64. The summed E-state index contributed by atoms with van der Waals surface area (Å²) in [5.41, 5.74) is -0.0652. The second-order valence-corrected chi connectivity index (χ2v) is 3.27. The highest BCUT2D eigenvalue weighted by atomic mass is 16.7. The standard InChI is InChI=1S/C10H11NO5.C2H6/c1-7(2)15-10(12)16-9-5-3-8(4-6-9)11(13)14;1-2/h3-7H,1-2H3;1-2H3. The van der Waals surface area contributed by atoms with Gasteiger partial charge in [-0.15, -0.1) is 0 Å². The minimum Gasteiger partial charge on any atom is -0.431 e. The van der Waals surface area contributed by atoms with E-state index in [0.717, 1.165) is 0 Å². The van der Waals surface area contributed by atoms with Crippen molar-refractivity contribution < 1.29 is 19.2 Å². The van der Waals surface area contributed by atoms with E-state index in [9.17, 15) is 14.9 Å². The molecule has 0 aliphatic rings. The van der Waals surface area contributed by atoms with Gasteiger partial charge in [0.15, 0.2) is 0 Å². The second-order valence-electron chi connectivity index (χ2n) is 3.27. The number of rotatable bonds is 3. The molecule has 0 aromatic heterocycles. The molecule has 6 heteroatoms. The maximum Gasteiger partial charge on any atom is 0.514 e. The summed E-state index contributed by atoms with van der Waals surface area (Å²) in [6.45, 7) is 7.38. The van der Waals surface area contributed by atoms with Crippen molar-refractivity contribution in [1.82, 2.24) is 0 Å². The molecule has 1 rings (SSSR count). The van der Waals surface area contributed by atoms with Crippen LogP contribution in [0, 0.1) is 10.1 Å². The summed E-state index contributed by atoms with van der Waals surface area (Å²) >= 11 is 0. The Bertz CT molecular complexity index is 386. The Morgan fingerprint density at radius 1 is 1.22 bits per heavy atom. The van der Waals surface area contributed by atoms with Crippen LogP contribution in [0.5, 0.6) is 5.75 Å². The van der Waals surface area contributed by atoms with Gasteiger partial charge in [-0.3, -0.25) is 10.1 Å². The molecule has 100 valence electrons. The van der Waals surface area contributed by atoms with Gasteiger partial charge in [-0.1, -0.05) is 13.8 Å². The molecule has 0 aliphatic heterocycles. The minimum absolute atomic E-state index is 0.0652. The van der Waals surface area contributed by atoms with Gasteiger partial charge in [0.1, 0.15) is 5.75 Å². The monoisotopic (exact) mass is 255 g/mol. The number of carbonyl (C=O) groups excluding carboxylic acids is 1. The fourth-order valence-corrected chi connectivity index (χ4v) is 0.949. The molecule has 0 heterocycles. The van der Waals surface area contributed by atoms with E-state index in [1.807, 2.05) is 13.8 Å². The number of hydrogen-bond donors (Lipinski definition) is 0. The van der Waals surface area contributed by atoms with Crippen molar-refractivity contribution in [2.45, 2.75) is 33.8 Å². The third-order valence-corrected chi connectivity index (χ3v) is 1.58. The van der Waals surface area contributed by atoms with Crippen molar-refractivity contribution in [2.75, 3.05) is 0 Å². The Morgan fingerprint density at radius 3 is 2.11 bits per heavy atom. The van der Waals surface area contributed by atoms with Crippen LogP contribution in [0.2, 0.25) is 0 Å². The second kappa shape index (κ2) is 8.05. The lowest BCUT2D eigenvalue weighted by molar-refractivity contribution is -0.384. The van der Waals surface area contributed by atoms with Crippen molar-refractivity contribution >= 4 is 11.8 Å². The van der Waals surface area contributed by atoms with Gasteiger partial charge < -0.3 is 9.47 Å². The van der Waals surface area contributed by atoms with Gasteiger partial charge in [-0.05, 0) is 26.0 Å². The lowest BCUT2D eigenvalue weighted by Gasteiger charge is -2.07. The zero-order chi connectivity index (χ0) is 14.1. The molecule has 0 radical (unpaired) electrons. The van der Waals surface area contributed by atoms with Crippen LogP contribution in [0.3, 0.4) is 0 Å². The number of nitro benzene ring substituents is 1. The third kappa shape index (κ3) is 5.83. The molecule has 0 unspecified atom stereocenters. The van der Waals surface area contributed by atoms with E-state index in [-0.39, 0.29) is 17.5 Å². The predicted octanol–water partition coefficient (Wildman–Crippen LogP) is 3.54. The molecule has 6 nitrogen and oxygen atoms in total. The number of nitrogens with zero attached hydrogens (tertiary/aromatic N) is 1. The summed E-state index contributed by atoms with van der Waals surface area (Å²) in [4.78, 5) is 20.9. The number of ether oxygens (including phenoxy) is 2. The first kappa shape index (κ1) is 15.9. The largest absolute Gasteiger partial charge is 0.514 e. The van der Waals surface area contributed by atoms with E-state index in [4.69, 9.17) is 9.47 Å². The van der Waals surface area contributed by atoms with Crippen LogP contribution in [0.4, 0.5) is 10.5 Å². The molecule has 0 spiro atoms. The molecule has 0 fully saturated rings. The van der Waals surface area contributed by atoms with Crippen molar-refractivity contribution in [1.29, 1.82) is 0 Å². The summed E-state index contributed by atoms with van der Waals surface area (Å²) in [5.74, 6) is 0.205. The molecule has 0 aliphatic carbocycles. The number of hydrogen-bond acceptors (Lipinski definition) is 5. The first-order valence-electron chi connectivity index (χ1n) is 5.62. The van der Waals surface area contributed by atoms with Gasteiger partial charge in [0.2, 0.25) is 0 Å². The Kier molecular flexibility index (Phi) is 7.11. The number of non-ortho nitro benzene ring substituents is 1. The van der Waals surface area contributed by atoms with Crippen LogP contribution in [-0.2, 0) is 4.74 Å². The summed E-state index contributed by atoms with van der Waals surface area (Å²) in [6, 6.07) is 5.16. The molecule has 0 atom stereocenters. The van der Waals surface area contributed by atoms with Gasteiger partial charge >= 0.3 is 6.16 Å². The first-order chi connectivity index (χ1) is 8.49. The lowest BCUT2D eigenvalue weighted by Crippen LogP contribution is -2.15. The van der Waals surface area contributed by atoms with Crippen LogP contribution in [0.15, 0.2) is 24.3 Å². The molecule has 0 amide bonds. The van der Waals surface area contributed by atoms with E-state index >= 15 is 0 Å². The SMILES string of the molecule is CC.CC(C)OC(=O)Oc1ccc([N+](=O)[O-])cc1. The Hall–Kier alpha value is -2.11. The van der Waals surface area contributed by atoms with E-state index in [2.05, 4.69) is 0 Å². The smallest absolute Gasteiger partial charge is 0.431 e. The van der Waals surface area contributed by atoms with Crippen molar-refractivity contribution in [3.63, 3.8) is 0 Å². The number of carbonyl (C=O) groups is 1. The maximum absolute atomic E-state index is 11.1. The molecule has 0 bridgehead atoms. The molecule has 0 saturated carbocycles. The molecule has 0 N–H and O–H groups in total. The van der Waals surface area contributed by atoms with Crippen LogP contribution >= 0.6 is 0 Å². The van der Waals surface area contributed by atoms with Gasteiger partial charge in [0, 0.05) is 12.1 Å². The minimum atomic E-state index is -0.830. The Morgan fingerprint density at radius 2 is 1.72 bits per heavy atom. The van der Waals surface area contributed by atoms with E-state index < -0.39 is 11.1 Å². The summed E-state index contributed by atoms with van der Waals surface area (Å²) < 4.78 is 9.51. The predicted molar refractivity (Wildman–Crippen MR) is 66.7 cm³/mol. The highest BCUT2D eigenvalue weighted by Gasteiger charge is 2.10. The zero-order valence-corrected chi connectivity index (χ0v) is 10.9. The molecule has 1 aromatic carbocycles. The van der Waals surface area contributed by atoms with Crippen molar-refractivity contribution in [3.05, 3.63) is 34.4 Å². The van der Waals surface area contributed by atoms with Crippen LogP contribution < -0.4 is 4.74 Å². The molecule has 0 saturated heterocycles. The van der Waals surface area contributed by atoms with Gasteiger partial charge in [0.25, 0.3) is 5.69 Å². The van der Waals surface area contributed by atoms with Crippen molar-refractivity contribution in [2.24, 2.45) is 0 Å². The fourth-order valence-electron chi connectivity index (χ4n) is 0.949. The van der Waals surface area contributed by atoms with E-state index in [1.54, 1.807) is 13.8 Å². The number of benzene rings is 1. The van der Waals surface area contributed by atoms with E-state index in [0.29, 0.717) is 0 Å². The summed E-state index contributed by atoms with van der Waals surface area (Å²) in [5, 5.41) is 10.4. The molecular formula is C12H17NO5. The van der Waals surface area contributed by atoms with Crippen LogP contribution in [-0.4, -0.2) is 17.2 Å². The first-order valence-corrected chi connectivity index (χ1v) is 5.62. The van der Waals surface area contributed by atoms with Gasteiger partial charge in [-0.25, -0.2) is 4.79 Å². The van der Waals surface area contributed by atoms with Crippen molar-refractivity contribution in [3.8, 4) is 5.75 Å². The average Bonchev–Trinajstić information content (AvgIpc) is 2.31.